The van der Waals surface area contributed by atoms with E-state index >= 15 is 0 Å². The summed E-state index contributed by atoms with van der Waals surface area (Å²) in [7, 11) is 1.46. The van der Waals surface area contributed by atoms with Crippen molar-refractivity contribution in [1.29, 1.82) is 0 Å². The van der Waals surface area contributed by atoms with Gasteiger partial charge in [0.1, 0.15) is 0 Å². The number of aromatic hydroxyl groups is 3. The Morgan fingerprint density at radius 3 is 2.39 bits per heavy atom. The van der Waals surface area contributed by atoms with E-state index in [9.17, 15) is 20.1 Å². The molecule has 0 bridgehead atoms. The van der Waals surface area contributed by atoms with Crippen LogP contribution in [-0.4, -0.2) is 28.3 Å². The highest BCUT2D eigenvalue weighted by molar-refractivity contribution is 5.76. The molecule has 0 saturated heterocycles. The van der Waals surface area contributed by atoms with E-state index in [0.717, 1.165) is 11.1 Å². The predicted molar refractivity (Wildman–Crippen MR) is 84.6 cm³/mol. The number of nitrogens with one attached hydrogen (secondary N) is 1. The van der Waals surface area contributed by atoms with Crippen LogP contribution in [0.25, 0.3) is 0 Å². The maximum atomic E-state index is 11.9. The van der Waals surface area contributed by atoms with Crippen LogP contribution < -0.4 is 10.1 Å². The van der Waals surface area contributed by atoms with Crippen molar-refractivity contribution in [2.45, 2.75) is 19.4 Å². The number of phenolic OH excluding ortho intramolecular Hbond substituents is 3. The summed E-state index contributed by atoms with van der Waals surface area (Å²) in [6.45, 7) is 0.330. The Morgan fingerprint density at radius 1 is 1.00 bits per heavy atom. The van der Waals surface area contributed by atoms with E-state index in [1.54, 1.807) is 18.2 Å². The van der Waals surface area contributed by atoms with Crippen LogP contribution in [0.4, 0.5) is 0 Å². The van der Waals surface area contributed by atoms with Crippen LogP contribution in [0.2, 0.25) is 0 Å². The zero-order valence-electron chi connectivity index (χ0n) is 12.7. The second-order valence-electron chi connectivity index (χ2n) is 5.11. The van der Waals surface area contributed by atoms with Crippen molar-refractivity contribution in [3.63, 3.8) is 0 Å². The molecule has 0 saturated carbocycles. The molecule has 2 aromatic rings. The summed E-state index contributed by atoms with van der Waals surface area (Å²) < 4.78 is 5.01. The van der Waals surface area contributed by atoms with Crippen LogP contribution >= 0.6 is 0 Å². The molecule has 0 spiro atoms. The molecule has 0 radical (unpaired) electrons. The van der Waals surface area contributed by atoms with E-state index in [2.05, 4.69) is 5.32 Å². The fraction of sp³-hybridized carbons (Fsp3) is 0.235. The Labute approximate surface area is 134 Å². The summed E-state index contributed by atoms with van der Waals surface area (Å²) in [5, 5.41) is 30.9. The second-order valence-corrected chi connectivity index (χ2v) is 5.11. The zero-order valence-corrected chi connectivity index (χ0v) is 12.7. The van der Waals surface area contributed by atoms with Crippen LogP contribution in [0.1, 0.15) is 17.5 Å². The Kier molecular flexibility index (Phi) is 5.30. The summed E-state index contributed by atoms with van der Waals surface area (Å²) in [6, 6.07) is 9.37. The summed E-state index contributed by atoms with van der Waals surface area (Å²) in [6.07, 6.45) is 0.720. The van der Waals surface area contributed by atoms with Gasteiger partial charge in [-0.25, -0.2) is 0 Å². The first kappa shape index (κ1) is 16.5. The number of carbonyl (C=O) groups is 1. The number of methoxy groups -OCH3 is 1. The third-order valence-electron chi connectivity index (χ3n) is 3.41. The van der Waals surface area contributed by atoms with Crippen molar-refractivity contribution >= 4 is 5.91 Å². The van der Waals surface area contributed by atoms with Gasteiger partial charge < -0.3 is 25.4 Å². The van der Waals surface area contributed by atoms with Gasteiger partial charge in [0.15, 0.2) is 23.0 Å². The minimum absolute atomic E-state index is 0.0507. The van der Waals surface area contributed by atoms with Gasteiger partial charge in [0.05, 0.1) is 7.11 Å². The molecule has 0 aromatic heterocycles. The monoisotopic (exact) mass is 317 g/mol. The number of benzene rings is 2. The van der Waals surface area contributed by atoms with E-state index in [4.69, 9.17) is 4.74 Å². The fourth-order valence-corrected chi connectivity index (χ4v) is 2.10. The predicted octanol–water partition coefficient (Wildman–Crippen LogP) is 2.06. The van der Waals surface area contributed by atoms with E-state index in [1.807, 2.05) is 0 Å². The van der Waals surface area contributed by atoms with Crippen LogP contribution in [0.3, 0.4) is 0 Å². The number of ether oxygens (including phenoxy) is 1. The molecule has 0 aliphatic rings. The molecule has 122 valence electrons. The summed E-state index contributed by atoms with van der Waals surface area (Å²) in [5.74, 6) is -0.103. The summed E-state index contributed by atoms with van der Waals surface area (Å²) >= 11 is 0. The molecule has 6 nitrogen and oxygen atoms in total. The zero-order chi connectivity index (χ0) is 16.8. The van der Waals surface area contributed by atoms with E-state index in [0.29, 0.717) is 18.7 Å². The SMILES string of the molecule is COc1cc(CNC(=O)CCc2ccc(O)c(O)c2)ccc1O. The van der Waals surface area contributed by atoms with Crippen molar-refractivity contribution in [2.24, 2.45) is 0 Å². The Hall–Kier alpha value is -2.89. The van der Waals surface area contributed by atoms with Gasteiger partial charge in [0, 0.05) is 13.0 Å². The molecule has 2 aromatic carbocycles. The summed E-state index contributed by atoms with van der Waals surface area (Å²) in [4.78, 5) is 11.9. The number of hydrogen-bond donors (Lipinski definition) is 4. The topological polar surface area (TPSA) is 99.0 Å². The van der Waals surface area contributed by atoms with E-state index in [1.165, 1.54) is 25.3 Å². The molecule has 6 heteroatoms. The molecule has 0 atom stereocenters. The fourth-order valence-electron chi connectivity index (χ4n) is 2.10. The number of aryl methyl sites for hydroxylation is 1. The van der Waals surface area contributed by atoms with Gasteiger partial charge in [0.2, 0.25) is 5.91 Å². The van der Waals surface area contributed by atoms with Crippen molar-refractivity contribution in [1.82, 2.24) is 5.32 Å². The lowest BCUT2D eigenvalue weighted by Crippen LogP contribution is -2.23. The van der Waals surface area contributed by atoms with Gasteiger partial charge in [-0.3, -0.25) is 4.79 Å². The molecule has 2 rings (SSSR count). The van der Waals surface area contributed by atoms with Gasteiger partial charge in [-0.2, -0.15) is 0 Å². The molecule has 1 amide bonds. The Morgan fingerprint density at radius 2 is 1.70 bits per heavy atom. The molecular weight excluding hydrogens is 298 g/mol. The van der Waals surface area contributed by atoms with Crippen LogP contribution in [0.15, 0.2) is 36.4 Å². The van der Waals surface area contributed by atoms with E-state index in [-0.39, 0.29) is 29.6 Å². The first-order valence-corrected chi connectivity index (χ1v) is 7.13. The highest BCUT2D eigenvalue weighted by Crippen LogP contribution is 2.26. The smallest absolute Gasteiger partial charge is 0.220 e. The average Bonchev–Trinajstić information content (AvgIpc) is 2.55. The van der Waals surface area contributed by atoms with Gasteiger partial charge in [-0.05, 0) is 41.8 Å². The van der Waals surface area contributed by atoms with Crippen molar-refractivity contribution < 1.29 is 24.9 Å². The molecule has 0 heterocycles. The highest BCUT2D eigenvalue weighted by Gasteiger charge is 2.07. The third kappa shape index (κ3) is 4.54. The quantitative estimate of drug-likeness (QED) is 0.611. The third-order valence-corrected chi connectivity index (χ3v) is 3.41. The maximum Gasteiger partial charge on any atom is 0.220 e. The molecular formula is C17H19NO5. The summed E-state index contributed by atoms with van der Waals surface area (Å²) in [5.41, 5.74) is 1.58. The van der Waals surface area contributed by atoms with Crippen molar-refractivity contribution in [3.05, 3.63) is 47.5 Å². The van der Waals surface area contributed by atoms with Crippen LogP contribution in [0, 0.1) is 0 Å². The molecule has 0 aliphatic carbocycles. The van der Waals surface area contributed by atoms with Gasteiger partial charge in [0.25, 0.3) is 0 Å². The number of rotatable bonds is 6. The normalized spacial score (nSPS) is 10.3. The Bertz CT molecular complexity index is 699. The maximum absolute atomic E-state index is 11.9. The molecule has 0 fully saturated rings. The first-order valence-electron chi connectivity index (χ1n) is 7.13. The van der Waals surface area contributed by atoms with Crippen LogP contribution in [0.5, 0.6) is 23.0 Å². The number of carbonyl (C=O) groups excluding carboxylic acids is 1. The largest absolute Gasteiger partial charge is 0.504 e. The lowest BCUT2D eigenvalue weighted by molar-refractivity contribution is -0.121. The molecule has 0 aliphatic heterocycles. The number of amides is 1. The minimum atomic E-state index is -0.195. The minimum Gasteiger partial charge on any atom is -0.504 e. The molecule has 4 N–H and O–H groups in total. The lowest BCUT2D eigenvalue weighted by atomic mass is 10.1. The Balaban J connectivity index is 1.84. The lowest BCUT2D eigenvalue weighted by Gasteiger charge is -2.08. The van der Waals surface area contributed by atoms with Crippen molar-refractivity contribution in [3.8, 4) is 23.0 Å². The first-order chi connectivity index (χ1) is 11.0. The highest BCUT2D eigenvalue weighted by atomic mass is 16.5. The standard InChI is InChI=1S/C17H19NO5/c1-23-16-9-12(3-6-14(16)20)10-18-17(22)7-4-11-2-5-13(19)15(21)8-11/h2-3,5-6,8-9,19-21H,4,7,10H2,1H3,(H,18,22). The van der Waals surface area contributed by atoms with E-state index < -0.39 is 0 Å². The second kappa shape index (κ2) is 7.40. The number of phenols is 3. The van der Waals surface area contributed by atoms with Gasteiger partial charge in [-0.15, -0.1) is 0 Å². The van der Waals surface area contributed by atoms with Crippen LogP contribution in [-0.2, 0) is 17.8 Å². The van der Waals surface area contributed by atoms with Crippen molar-refractivity contribution in [2.75, 3.05) is 7.11 Å². The number of hydrogen-bond acceptors (Lipinski definition) is 5. The molecule has 23 heavy (non-hydrogen) atoms. The van der Waals surface area contributed by atoms with Gasteiger partial charge >= 0.3 is 0 Å². The average molecular weight is 317 g/mol. The molecule has 0 unspecified atom stereocenters. The van der Waals surface area contributed by atoms with Gasteiger partial charge in [-0.1, -0.05) is 12.1 Å².